The Morgan fingerprint density at radius 2 is 1.02 bits per heavy atom. The number of aliphatic hydroxyl groups excluding tert-OH is 4. The van der Waals surface area contributed by atoms with E-state index in [1.807, 2.05) is 20.8 Å². The molecular weight excluding hydrogens is 1150 g/mol. The summed E-state index contributed by atoms with van der Waals surface area (Å²) < 4.78 is 66.6. The first kappa shape index (κ1) is 67.7. The van der Waals surface area contributed by atoms with Crippen LogP contribution >= 0.6 is 23.1 Å². The van der Waals surface area contributed by atoms with Gasteiger partial charge in [0.2, 0.25) is 10.0 Å². The molecule has 2 aliphatic heterocycles. The van der Waals surface area contributed by atoms with Gasteiger partial charge < -0.3 is 55.4 Å². The van der Waals surface area contributed by atoms with E-state index in [4.69, 9.17) is 30.4 Å². The van der Waals surface area contributed by atoms with E-state index in [2.05, 4.69) is 35.5 Å². The van der Waals surface area contributed by atoms with Gasteiger partial charge >= 0.3 is 0 Å². The summed E-state index contributed by atoms with van der Waals surface area (Å²) in [6, 6.07) is 8.68. The van der Waals surface area contributed by atoms with E-state index in [0.717, 1.165) is 38.8 Å². The van der Waals surface area contributed by atoms with Crippen LogP contribution in [0.15, 0.2) is 55.8 Å². The average molecular weight is 1230 g/mol. The number of sulfonamides is 1. The van der Waals surface area contributed by atoms with Gasteiger partial charge in [-0.05, 0) is 153 Å². The van der Waals surface area contributed by atoms with E-state index in [0.29, 0.717) is 108 Å². The molecule has 0 spiro atoms. The first-order valence-electron chi connectivity index (χ1n) is 27.6. The number of fused-ring (bicyclic) bond motifs is 2. The van der Waals surface area contributed by atoms with Crippen LogP contribution in [0.4, 0.5) is 0 Å². The van der Waals surface area contributed by atoms with Crippen molar-refractivity contribution in [1.29, 1.82) is 0 Å². The lowest BCUT2D eigenvalue weighted by Gasteiger charge is -2.41. The van der Waals surface area contributed by atoms with Crippen molar-refractivity contribution in [2.75, 3.05) is 65.8 Å². The van der Waals surface area contributed by atoms with Crippen molar-refractivity contribution in [3.63, 3.8) is 0 Å². The second kappa shape index (κ2) is 30.1. The van der Waals surface area contributed by atoms with Gasteiger partial charge in [0.1, 0.15) is 23.1 Å². The Kier molecular flexibility index (Phi) is 24.9. The van der Waals surface area contributed by atoms with Gasteiger partial charge in [-0.25, -0.2) is 35.8 Å². The fraction of sp³-hybridized carbons (Fsp3) is 0.593. The van der Waals surface area contributed by atoms with E-state index in [1.54, 1.807) is 26.8 Å². The predicted octanol–water partition coefficient (Wildman–Crippen LogP) is 4.22. The number of nitrogens with zero attached hydrogens (tertiary/aromatic N) is 7. The van der Waals surface area contributed by atoms with Crippen LogP contribution in [0.25, 0.3) is 33.8 Å². The number of hydrogen-bond acceptors (Lipinski definition) is 19. The maximum atomic E-state index is 13.7. The number of aromatic nitrogens is 8. The van der Waals surface area contributed by atoms with Gasteiger partial charge in [-0.15, -0.1) is 22.6 Å². The molecule has 28 heteroatoms. The molecule has 2 saturated heterocycles. The Bertz CT molecular complexity index is 3400. The molecule has 82 heavy (non-hydrogen) atoms. The van der Waals surface area contributed by atoms with E-state index >= 15 is 0 Å². The van der Waals surface area contributed by atoms with Crippen LogP contribution in [0, 0.1) is 25.7 Å². The SMILES string of the molecule is CCCc1nc(C)c2c(=O)[nH]c(-c3cc(S(=O)(=O)Cl)ccc3OCC)nn12.CCCc1nc(C)c2c(=O)[nH]c(-c3cc(S(=O)(=O)N4CCC(C(O)(CCO)CCO)CC4)ccc3OCC)nn12.Cl.OCCC(O)(CCO)C1CCNCC1. The highest BCUT2D eigenvalue weighted by Crippen LogP contribution is 2.38. The lowest BCUT2D eigenvalue weighted by molar-refractivity contribution is -0.0675. The number of imidazole rings is 2. The number of aliphatic hydroxyl groups is 6. The van der Waals surface area contributed by atoms with Crippen LogP contribution in [0.3, 0.4) is 0 Å². The highest BCUT2D eigenvalue weighted by molar-refractivity contribution is 8.13. The van der Waals surface area contributed by atoms with E-state index < -0.39 is 30.3 Å². The molecule has 6 aromatic rings. The van der Waals surface area contributed by atoms with Crippen LogP contribution < -0.4 is 25.9 Å². The monoisotopic (exact) mass is 1230 g/mol. The van der Waals surface area contributed by atoms with E-state index in [-0.39, 0.29) is 109 Å². The molecule has 4 aromatic heterocycles. The van der Waals surface area contributed by atoms with Crippen molar-refractivity contribution in [1.82, 2.24) is 48.8 Å². The Labute approximate surface area is 488 Å². The van der Waals surface area contributed by atoms with Gasteiger partial charge in [0, 0.05) is 63.0 Å². The standard InChI is InChI=1S/C27H39N5O7S.C17H19ClN4O4S.C10H21NO3.ClH/c1-4-6-23-28-18(3)24-26(35)29-25(30-32(23)24)21-17-20(7-8-22(21)39-5-2)40(37,38)31-13-9-19(10-14-31)27(36,11-15-33)12-16-34;1-4-6-14-19-10(3)15-17(23)20-16(21-22(14)15)12-9-11(27(18,24)25)7-8-13(12)26-5-2;12-7-3-10(14,4-8-13)9-1-5-11-6-2-9;/h7-8,17,19,33-34,36H,4-6,9-16H2,1-3H3,(H,29,30,35);7-9H,4-6H2,1-3H3,(H,20,21,23);9,11-14H,1-8H2;1H. The molecule has 456 valence electrons. The zero-order chi connectivity index (χ0) is 59.3. The van der Waals surface area contributed by atoms with Crippen LogP contribution in [-0.4, -0.2) is 168 Å². The minimum atomic E-state index is -3.95. The summed E-state index contributed by atoms with van der Waals surface area (Å²) >= 11 is 0. The maximum absolute atomic E-state index is 13.7. The molecule has 0 unspecified atom stereocenters. The second-order valence-corrected chi connectivity index (χ2v) is 24.8. The molecule has 0 saturated carbocycles. The second-order valence-electron chi connectivity index (χ2n) is 20.3. The average Bonchev–Trinajstić information content (AvgIpc) is 4.06. The first-order valence-corrected chi connectivity index (χ1v) is 31.4. The van der Waals surface area contributed by atoms with E-state index in [9.17, 15) is 46.9 Å². The number of piperidine rings is 2. The van der Waals surface area contributed by atoms with E-state index in [1.165, 1.54) is 43.7 Å². The van der Waals surface area contributed by atoms with Gasteiger partial charge in [-0.2, -0.15) is 4.31 Å². The van der Waals surface area contributed by atoms with Crippen LogP contribution in [0.2, 0.25) is 0 Å². The van der Waals surface area contributed by atoms with Gasteiger partial charge in [-0.1, -0.05) is 13.8 Å². The molecule has 2 aliphatic rings. The van der Waals surface area contributed by atoms with Crippen molar-refractivity contribution >= 4 is 53.2 Å². The van der Waals surface area contributed by atoms with Crippen LogP contribution in [0.1, 0.15) is 115 Å². The number of aromatic amines is 2. The zero-order valence-electron chi connectivity index (χ0n) is 47.4. The minimum absolute atomic E-state index is 0. The van der Waals surface area contributed by atoms with Crippen LogP contribution in [0.5, 0.6) is 11.5 Å². The summed E-state index contributed by atoms with van der Waals surface area (Å²) in [7, 11) is -2.41. The Morgan fingerprint density at radius 1 is 0.634 bits per heavy atom. The summed E-state index contributed by atoms with van der Waals surface area (Å²) in [4.78, 5) is 40.0. The van der Waals surface area contributed by atoms with Crippen molar-refractivity contribution in [2.24, 2.45) is 11.8 Å². The molecule has 9 N–H and O–H groups in total. The molecule has 0 atom stereocenters. The number of hydrogen-bond donors (Lipinski definition) is 9. The van der Waals surface area contributed by atoms with Gasteiger partial charge in [0.25, 0.3) is 20.2 Å². The molecule has 2 fully saturated rings. The number of rotatable bonds is 23. The molecule has 2 aromatic carbocycles. The fourth-order valence-corrected chi connectivity index (χ4v) is 13.0. The summed E-state index contributed by atoms with van der Waals surface area (Å²) in [6.45, 7) is 13.6. The van der Waals surface area contributed by atoms with Gasteiger partial charge in [0.05, 0.1) is 56.7 Å². The third-order valence-corrected chi connectivity index (χ3v) is 18.1. The third kappa shape index (κ3) is 15.8. The smallest absolute Gasteiger partial charge is 0.277 e. The van der Waals surface area contributed by atoms with Crippen molar-refractivity contribution in [3.8, 4) is 34.3 Å². The summed E-state index contributed by atoms with van der Waals surface area (Å²) in [6.07, 6.45) is 6.57. The lowest BCUT2D eigenvalue weighted by Crippen LogP contribution is -2.47. The largest absolute Gasteiger partial charge is 0.493 e. The predicted molar refractivity (Wildman–Crippen MR) is 312 cm³/mol. The molecule has 0 bridgehead atoms. The van der Waals surface area contributed by atoms with Crippen molar-refractivity contribution < 1.29 is 56.9 Å². The normalized spacial score (nSPS) is 14.9. The molecule has 0 aliphatic carbocycles. The number of aryl methyl sites for hydroxylation is 4. The maximum Gasteiger partial charge on any atom is 0.277 e. The first-order chi connectivity index (χ1) is 38.6. The summed E-state index contributed by atoms with van der Waals surface area (Å²) in [5, 5.41) is 70.2. The Balaban J connectivity index is 0.000000252. The molecular formula is C54H80Cl2N10O14S2. The Hall–Kier alpha value is -5.10. The summed E-state index contributed by atoms with van der Waals surface area (Å²) in [5.41, 5.74) is -0.338. The highest BCUT2D eigenvalue weighted by Gasteiger charge is 2.41. The van der Waals surface area contributed by atoms with Gasteiger partial charge in [-0.3, -0.25) is 9.59 Å². The zero-order valence-corrected chi connectivity index (χ0v) is 50.6. The highest BCUT2D eigenvalue weighted by atomic mass is 35.7. The molecule has 6 heterocycles. The molecule has 8 rings (SSSR count). The Morgan fingerprint density at radius 3 is 1.40 bits per heavy atom. The number of halogens is 2. The molecule has 0 radical (unpaired) electrons. The van der Waals surface area contributed by atoms with Gasteiger partial charge in [0.15, 0.2) is 22.7 Å². The topological polar surface area (TPSA) is 349 Å². The van der Waals surface area contributed by atoms with Crippen LogP contribution in [-0.2, 0) is 31.9 Å². The molecule has 0 amide bonds. The lowest BCUT2D eigenvalue weighted by atomic mass is 9.77. The summed E-state index contributed by atoms with van der Waals surface area (Å²) in [5.74, 6) is 2.39. The number of H-pyrrole nitrogens is 2. The quantitative estimate of drug-likeness (QED) is 0.0406. The minimum Gasteiger partial charge on any atom is -0.493 e. The molecule has 24 nitrogen and oxygen atoms in total. The number of benzene rings is 2. The number of nitrogens with one attached hydrogen (secondary N) is 3. The van der Waals surface area contributed by atoms with Crippen molar-refractivity contribution in [2.45, 2.75) is 140 Å². The third-order valence-electron chi connectivity index (χ3n) is 14.9. The van der Waals surface area contributed by atoms with Crippen molar-refractivity contribution in [3.05, 3.63) is 80.1 Å². The fourth-order valence-electron chi connectivity index (χ4n) is 10.7. The number of ether oxygens (including phenoxy) is 2.